The fraction of sp³-hybridized carbons (Fsp3) is 0.765. The maximum absolute atomic E-state index is 14.6. The average molecular weight is 635 g/mol. The van der Waals surface area contributed by atoms with Gasteiger partial charge in [0.15, 0.2) is 0 Å². The van der Waals surface area contributed by atoms with E-state index in [1.807, 2.05) is 17.0 Å². The summed E-state index contributed by atoms with van der Waals surface area (Å²) in [6, 6.07) is 9.40. The molecule has 9 heteroatoms. The van der Waals surface area contributed by atoms with Crippen LogP contribution in [0.3, 0.4) is 0 Å². The Hall–Kier alpha value is -1.54. The van der Waals surface area contributed by atoms with Gasteiger partial charge in [0.25, 0.3) is 0 Å². The zero-order chi connectivity index (χ0) is 29.2. The molecule has 0 spiro atoms. The first-order chi connectivity index (χ1) is 20.4. The van der Waals surface area contributed by atoms with E-state index in [1.165, 1.54) is 45.2 Å². The summed E-state index contributed by atoms with van der Waals surface area (Å²) in [5.41, 5.74) is 1.15. The molecule has 0 radical (unpaired) electrons. The summed E-state index contributed by atoms with van der Waals surface area (Å²) in [4.78, 5) is 37.6. The largest absolute Gasteiger partial charge is 0.335 e. The van der Waals surface area contributed by atoms with Gasteiger partial charge in [-0.25, -0.2) is 4.79 Å². The van der Waals surface area contributed by atoms with E-state index in [0.29, 0.717) is 24.4 Å². The lowest BCUT2D eigenvalue weighted by atomic mass is 9.83. The fourth-order valence-corrected chi connectivity index (χ4v) is 9.15. The Bertz CT molecular complexity index is 1060. The monoisotopic (exact) mass is 633 g/mol. The molecule has 5 aliphatic heterocycles. The van der Waals surface area contributed by atoms with Crippen LogP contribution in [0.5, 0.6) is 0 Å². The quantitative estimate of drug-likeness (QED) is 0.364. The number of piperidine rings is 4. The zero-order valence-electron chi connectivity index (χ0n) is 26.3. The molecule has 1 saturated carbocycles. The van der Waals surface area contributed by atoms with Crippen LogP contribution < -0.4 is 5.32 Å². The van der Waals surface area contributed by atoms with Crippen LogP contribution in [-0.4, -0.2) is 101 Å². The van der Waals surface area contributed by atoms with E-state index in [2.05, 4.69) is 46.0 Å². The average Bonchev–Trinajstić information content (AvgIpc) is 3.28. The number of amides is 3. The number of nitrogens with zero attached hydrogens (tertiary/aromatic N) is 4. The summed E-state index contributed by atoms with van der Waals surface area (Å²) >= 11 is 6.21. The van der Waals surface area contributed by atoms with E-state index < -0.39 is 0 Å². The summed E-state index contributed by atoms with van der Waals surface area (Å²) in [6.45, 7) is 9.12. The van der Waals surface area contributed by atoms with Crippen LogP contribution in [0.25, 0.3) is 0 Å². The van der Waals surface area contributed by atoms with Crippen molar-refractivity contribution >= 4 is 35.9 Å². The summed E-state index contributed by atoms with van der Waals surface area (Å²) in [5.74, 6) is 0.930. The second kappa shape index (κ2) is 14.7. The van der Waals surface area contributed by atoms with Crippen molar-refractivity contribution in [2.24, 2.45) is 5.92 Å². The molecule has 1 aromatic rings. The van der Waals surface area contributed by atoms with Crippen molar-refractivity contribution in [3.8, 4) is 0 Å². The topological polar surface area (TPSA) is 59.1 Å². The predicted octanol–water partition coefficient (Wildman–Crippen LogP) is 5.98. The maximum Gasteiger partial charge on any atom is 0.320 e. The highest BCUT2D eigenvalue weighted by Crippen LogP contribution is 2.41. The molecule has 6 aliphatic rings. The molecule has 5 heterocycles. The third kappa shape index (κ3) is 7.15. The first-order valence-corrected chi connectivity index (χ1v) is 17.4. The van der Waals surface area contributed by atoms with Crippen LogP contribution in [0.4, 0.5) is 4.79 Å². The SMILES string of the molecule is CCN(CC)C(=O)N(C1CCCCC1)C1CC2CCC(C1)N2C(=O)[C@@H](Cc1ccc(Cl)cc1)NC1CN2CCC1CC2.Cl. The molecule has 3 amide bonds. The molecule has 6 fully saturated rings. The van der Waals surface area contributed by atoms with Gasteiger partial charge in [0, 0.05) is 54.9 Å². The number of nitrogens with one attached hydrogen (secondary N) is 1. The first-order valence-electron chi connectivity index (χ1n) is 17.1. The Morgan fingerprint density at radius 2 is 1.53 bits per heavy atom. The molecule has 1 aromatic carbocycles. The smallest absolute Gasteiger partial charge is 0.320 e. The van der Waals surface area contributed by atoms with Crippen molar-refractivity contribution in [2.45, 2.75) is 127 Å². The van der Waals surface area contributed by atoms with Gasteiger partial charge in [-0.15, -0.1) is 12.4 Å². The number of fused-ring (bicyclic) bond motifs is 5. The van der Waals surface area contributed by atoms with Gasteiger partial charge in [0.2, 0.25) is 5.91 Å². The van der Waals surface area contributed by atoms with Crippen LogP contribution >= 0.6 is 24.0 Å². The fourth-order valence-electron chi connectivity index (χ4n) is 9.03. The first kappa shape index (κ1) is 32.8. The number of urea groups is 1. The number of carbonyl (C=O) groups excluding carboxylic acids is 2. The molecular weight excluding hydrogens is 581 g/mol. The highest BCUT2D eigenvalue weighted by Gasteiger charge is 2.49. The molecular formula is C34H53Cl2N5O2. The van der Waals surface area contributed by atoms with Crippen molar-refractivity contribution < 1.29 is 9.59 Å². The molecule has 1 N–H and O–H groups in total. The molecule has 7 nitrogen and oxygen atoms in total. The van der Waals surface area contributed by atoms with E-state index in [-0.39, 0.29) is 48.5 Å². The van der Waals surface area contributed by atoms with Crippen LogP contribution in [0.15, 0.2) is 24.3 Å². The van der Waals surface area contributed by atoms with Gasteiger partial charge >= 0.3 is 6.03 Å². The van der Waals surface area contributed by atoms with Crippen LogP contribution in [0, 0.1) is 5.92 Å². The van der Waals surface area contributed by atoms with Gasteiger partial charge in [-0.1, -0.05) is 43.0 Å². The molecule has 3 unspecified atom stereocenters. The zero-order valence-corrected chi connectivity index (χ0v) is 27.8. The molecule has 43 heavy (non-hydrogen) atoms. The third-order valence-corrected chi connectivity index (χ3v) is 11.6. The number of hydrogen-bond acceptors (Lipinski definition) is 4. The molecule has 1 aliphatic carbocycles. The minimum absolute atomic E-state index is 0. The predicted molar refractivity (Wildman–Crippen MR) is 176 cm³/mol. The lowest BCUT2D eigenvalue weighted by Gasteiger charge is -2.49. The van der Waals surface area contributed by atoms with Gasteiger partial charge in [0.05, 0.1) is 6.04 Å². The number of carbonyl (C=O) groups is 2. The third-order valence-electron chi connectivity index (χ3n) is 11.3. The lowest BCUT2D eigenvalue weighted by molar-refractivity contribution is -0.139. The molecule has 5 saturated heterocycles. The van der Waals surface area contributed by atoms with E-state index in [4.69, 9.17) is 11.6 Å². The maximum atomic E-state index is 14.6. The van der Waals surface area contributed by atoms with Crippen molar-refractivity contribution in [2.75, 3.05) is 32.7 Å². The van der Waals surface area contributed by atoms with E-state index in [0.717, 1.165) is 68.7 Å². The molecule has 4 bridgehead atoms. The Morgan fingerprint density at radius 1 is 0.907 bits per heavy atom. The highest BCUT2D eigenvalue weighted by molar-refractivity contribution is 6.30. The lowest BCUT2D eigenvalue weighted by Crippen LogP contribution is -2.63. The van der Waals surface area contributed by atoms with Crippen molar-refractivity contribution in [1.29, 1.82) is 0 Å². The van der Waals surface area contributed by atoms with Crippen LogP contribution in [0.2, 0.25) is 5.02 Å². The Kier molecular flexibility index (Phi) is 11.2. The Labute approximate surface area is 270 Å². The van der Waals surface area contributed by atoms with E-state index >= 15 is 0 Å². The summed E-state index contributed by atoms with van der Waals surface area (Å²) < 4.78 is 0. The van der Waals surface area contributed by atoms with Crippen molar-refractivity contribution in [3.05, 3.63) is 34.9 Å². The Morgan fingerprint density at radius 3 is 2.09 bits per heavy atom. The van der Waals surface area contributed by atoms with E-state index in [9.17, 15) is 9.59 Å². The second-order valence-corrected chi connectivity index (χ2v) is 14.1. The standard InChI is InChI=1S/C34H52ClN5O2.ClH/c1-3-38(4-2)34(42)40(27-8-6-5-7-9-27)30-21-28-14-15-29(22-30)39(28)33(41)31(20-24-10-12-26(35)13-11-24)36-32-23-37-18-16-25(32)17-19-37;/h10-13,25,27-32,36H,3-9,14-23H2,1-2H3;1H/t28?,29?,30?,31-,32?;/m1./s1. The van der Waals surface area contributed by atoms with Crippen molar-refractivity contribution in [1.82, 2.24) is 24.9 Å². The minimum Gasteiger partial charge on any atom is -0.335 e. The molecule has 240 valence electrons. The molecule has 4 atom stereocenters. The summed E-state index contributed by atoms with van der Waals surface area (Å²) in [7, 11) is 0. The van der Waals surface area contributed by atoms with Gasteiger partial charge in [-0.3, -0.25) is 4.79 Å². The Balaban J connectivity index is 0.00000368. The van der Waals surface area contributed by atoms with E-state index in [1.54, 1.807) is 0 Å². The van der Waals surface area contributed by atoms with Crippen LogP contribution in [-0.2, 0) is 11.2 Å². The minimum atomic E-state index is -0.233. The van der Waals surface area contributed by atoms with Gasteiger partial charge in [-0.05, 0) is 108 Å². The van der Waals surface area contributed by atoms with Crippen molar-refractivity contribution in [3.63, 3.8) is 0 Å². The van der Waals surface area contributed by atoms with Crippen LogP contribution in [0.1, 0.15) is 90.0 Å². The summed E-state index contributed by atoms with van der Waals surface area (Å²) in [5, 5.41) is 4.64. The van der Waals surface area contributed by atoms with Gasteiger partial charge in [-0.2, -0.15) is 0 Å². The number of hydrogen-bond donors (Lipinski definition) is 1. The number of rotatable bonds is 9. The molecule has 7 rings (SSSR count). The number of benzene rings is 1. The number of halogens is 2. The normalized spacial score (nSPS) is 30.9. The van der Waals surface area contributed by atoms with Gasteiger partial charge < -0.3 is 24.9 Å². The molecule has 0 aromatic heterocycles. The summed E-state index contributed by atoms with van der Waals surface area (Å²) in [6.07, 6.45) is 13.0. The second-order valence-electron chi connectivity index (χ2n) is 13.7. The van der Waals surface area contributed by atoms with Gasteiger partial charge in [0.1, 0.15) is 0 Å². The highest BCUT2D eigenvalue weighted by atomic mass is 35.5.